The molecule has 19 heavy (non-hydrogen) atoms. The van der Waals surface area contributed by atoms with E-state index >= 15 is 0 Å². The lowest BCUT2D eigenvalue weighted by Gasteiger charge is -2.34. The molecule has 0 saturated carbocycles. The molecule has 1 fully saturated rings. The summed E-state index contributed by atoms with van der Waals surface area (Å²) in [6.07, 6.45) is 0. The van der Waals surface area contributed by atoms with E-state index in [4.69, 9.17) is 0 Å². The first-order valence-electron chi connectivity index (χ1n) is 6.94. The lowest BCUT2D eigenvalue weighted by atomic mass is 10.1. The van der Waals surface area contributed by atoms with Gasteiger partial charge < -0.3 is 15.1 Å². The highest BCUT2D eigenvalue weighted by Gasteiger charge is 2.24. The fraction of sp³-hybridized carbons (Fsp3) is 0.600. The lowest BCUT2D eigenvalue weighted by Crippen LogP contribution is -2.46. The van der Waals surface area contributed by atoms with Crippen molar-refractivity contribution in [1.82, 2.24) is 10.2 Å². The average molecular weight is 265 g/mol. The van der Waals surface area contributed by atoms with Crippen molar-refractivity contribution in [3.63, 3.8) is 0 Å². The van der Waals surface area contributed by atoms with Gasteiger partial charge >= 0.3 is 0 Å². The molecule has 0 bridgehead atoms. The van der Waals surface area contributed by atoms with Crippen molar-refractivity contribution in [2.24, 2.45) is 5.92 Å². The molecule has 3 nitrogen and oxygen atoms in total. The first-order chi connectivity index (χ1) is 9.06. The minimum atomic E-state index is -0.172. The van der Waals surface area contributed by atoms with Gasteiger partial charge in [0.2, 0.25) is 0 Å². The Morgan fingerprint density at radius 1 is 1.26 bits per heavy atom. The van der Waals surface area contributed by atoms with Crippen LogP contribution < -0.4 is 10.2 Å². The molecule has 0 aromatic heterocycles. The molecule has 1 aliphatic rings. The summed E-state index contributed by atoms with van der Waals surface area (Å²) in [7, 11) is 4.19. The average Bonchev–Trinajstić information content (AvgIpc) is 2.52. The van der Waals surface area contributed by atoms with E-state index in [1.807, 2.05) is 12.1 Å². The summed E-state index contributed by atoms with van der Waals surface area (Å²) in [6, 6.07) is 7.28. The van der Waals surface area contributed by atoms with E-state index < -0.39 is 0 Å². The smallest absolute Gasteiger partial charge is 0.123 e. The summed E-state index contributed by atoms with van der Waals surface area (Å²) in [4.78, 5) is 4.61. The Kier molecular flexibility index (Phi) is 4.77. The number of rotatable bonds is 3. The maximum Gasteiger partial charge on any atom is 0.123 e. The first-order valence-corrected chi connectivity index (χ1v) is 6.94. The van der Waals surface area contributed by atoms with E-state index in [2.05, 4.69) is 36.1 Å². The summed E-state index contributed by atoms with van der Waals surface area (Å²) in [5, 5.41) is 3.52. The zero-order valence-corrected chi connectivity index (χ0v) is 12.1. The largest absolute Gasteiger partial charge is 0.366 e. The fourth-order valence-electron chi connectivity index (χ4n) is 2.69. The fourth-order valence-corrected chi connectivity index (χ4v) is 2.69. The van der Waals surface area contributed by atoms with E-state index in [9.17, 15) is 4.39 Å². The maximum atomic E-state index is 13.1. The topological polar surface area (TPSA) is 18.5 Å². The van der Waals surface area contributed by atoms with Crippen molar-refractivity contribution < 1.29 is 4.39 Å². The van der Waals surface area contributed by atoms with Crippen molar-refractivity contribution in [1.29, 1.82) is 0 Å². The van der Waals surface area contributed by atoms with Crippen LogP contribution in [0.4, 0.5) is 10.1 Å². The van der Waals surface area contributed by atoms with Crippen LogP contribution in [0.5, 0.6) is 0 Å². The predicted octanol–water partition coefficient (Wildman–Crippen LogP) is 1.80. The number of nitrogens with zero attached hydrogens (tertiary/aromatic N) is 2. The van der Waals surface area contributed by atoms with Crippen LogP contribution in [0.15, 0.2) is 24.3 Å². The molecule has 1 N–H and O–H groups in total. The standard InChI is InChI=1S/C15H24FN3/c1-12-8-17-9-15(11-18(2)3)19(10-12)14-6-4-13(16)5-7-14/h4-7,12,15,17H,8-11H2,1-3H3. The number of halogens is 1. The summed E-state index contributed by atoms with van der Waals surface area (Å²) >= 11 is 0. The van der Waals surface area contributed by atoms with E-state index in [-0.39, 0.29) is 5.82 Å². The highest BCUT2D eigenvalue weighted by Crippen LogP contribution is 2.21. The van der Waals surface area contributed by atoms with Gasteiger partial charge in [-0.05, 0) is 50.8 Å². The number of likely N-dealkylation sites (N-methyl/N-ethyl adjacent to an activating group) is 1. The molecule has 1 aliphatic heterocycles. The van der Waals surface area contributed by atoms with Gasteiger partial charge in [0.1, 0.15) is 5.82 Å². The Hall–Kier alpha value is -1.13. The highest BCUT2D eigenvalue weighted by atomic mass is 19.1. The molecule has 106 valence electrons. The number of hydrogen-bond acceptors (Lipinski definition) is 3. The molecule has 4 heteroatoms. The molecule has 0 spiro atoms. The Balaban J connectivity index is 2.21. The van der Waals surface area contributed by atoms with E-state index in [0.29, 0.717) is 12.0 Å². The van der Waals surface area contributed by atoms with Crippen LogP contribution in [0.1, 0.15) is 6.92 Å². The molecule has 2 unspecified atom stereocenters. The van der Waals surface area contributed by atoms with Gasteiger partial charge in [-0.15, -0.1) is 0 Å². The molecule has 1 heterocycles. The Bertz CT molecular complexity index is 391. The molecule has 2 rings (SSSR count). The maximum absolute atomic E-state index is 13.1. The number of anilines is 1. The van der Waals surface area contributed by atoms with Crippen LogP contribution >= 0.6 is 0 Å². The van der Waals surface area contributed by atoms with Crippen LogP contribution in [0.3, 0.4) is 0 Å². The van der Waals surface area contributed by atoms with Gasteiger partial charge in [0.25, 0.3) is 0 Å². The van der Waals surface area contributed by atoms with Crippen LogP contribution in [-0.2, 0) is 0 Å². The Morgan fingerprint density at radius 3 is 2.58 bits per heavy atom. The van der Waals surface area contributed by atoms with Gasteiger partial charge in [-0.3, -0.25) is 0 Å². The third-order valence-corrected chi connectivity index (χ3v) is 3.56. The van der Waals surface area contributed by atoms with Crippen LogP contribution in [-0.4, -0.2) is 51.2 Å². The number of hydrogen-bond donors (Lipinski definition) is 1. The van der Waals surface area contributed by atoms with Gasteiger partial charge in [-0.2, -0.15) is 0 Å². The normalized spacial score (nSPS) is 24.6. The van der Waals surface area contributed by atoms with Crippen LogP contribution in [0.2, 0.25) is 0 Å². The second-order valence-corrected chi connectivity index (χ2v) is 5.81. The Labute approximate surface area is 115 Å². The van der Waals surface area contributed by atoms with Gasteiger partial charge in [-0.25, -0.2) is 4.39 Å². The highest BCUT2D eigenvalue weighted by molar-refractivity contribution is 5.48. The third kappa shape index (κ3) is 3.91. The molecule has 0 radical (unpaired) electrons. The number of nitrogens with one attached hydrogen (secondary N) is 1. The quantitative estimate of drug-likeness (QED) is 0.899. The summed E-state index contributed by atoms with van der Waals surface area (Å²) in [5.41, 5.74) is 1.11. The molecule has 1 aromatic carbocycles. The molecule has 0 amide bonds. The second-order valence-electron chi connectivity index (χ2n) is 5.81. The molecule has 0 aliphatic carbocycles. The van der Waals surface area contributed by atoms with E-state index in [0.717, 1.165) is 31.9 Å². The van der Waals surface area contributed by atoms with Crippen molar-refractivity contribution in [2.45, 2.75) is 13.0 Å². The molecule has 1 aromatic rings. The van der Waals surface area contributed by atoms with E-state index in [1.54, 1.807) is 12.1 Å². The van der Waals surface area contributed by atoms with Gasteiger partial charge in [0.15, 0.2) is 0 Å². The lowest BCUT2D eigenvalue weighted by molar-refractivity contribution is 0.360. The number of benzene rings is 1. The summed E-state index contributed by atoms with van der Waals surface area (Å²) in [6.45, 7) is 6.28. The molecular formula is C15H24FN3. The van der Waals surface area contributed by atoms with Crippen molar-refractivity contribution in [3.05, 3.63) is 30.1 Å². The zero-order valence-electron chi connectivity index (χ0n) is 12.1. The Morgan fingerprint density at radius 2 is 1.95 bits per heavy atom. The van der Waals surface area contributed by atoms with E-state index in [1.165, 1.54) is 0 Å². The monoisotopic (exact) mass is 265 g/mol. The van der Waals surface area contributed by atoms with Crippen molar-refractivity contribution in [3.8, 4) is 0 Å². The SMILES string of the molecule is CC1CNCC(CN(C)C)N(c2ccc(F)cc2)C1. The molecule has 2 atom stereocenters. The third-order valence-electron chi connectivity index (χ3n) is 3.56. The summed E-state index contributed by atoms with van der Waals surface area (Å²) < 4.78 is 13.1. The summed E-state index contributed by atoms with van der Waals surface area (Å²) in [5.74, 6) is 0.422. The molecule has 1 saturated heterocycles. The van der Waals surface area contributed by atoms with Crippen molar-refractivity contribution >= 4 is 5.69 Å². The zero-order chi connectivity index (χ0) is 13.8. The van der Waals surface area contributed by atoms with Gasteiger partial charge in [0, 0.05) is 25.3 Å². The predicted molar refractivity (Wildman–Crippen MR) is 78.1 cm³/mol. The van der Waals surface area contributed by atoms with Crippen LogP contribution in [0, 0.1) is 11.7 Å². The van der Waals surface area contributed by atoms with Gasteiger partial charge in [-0.1, -0.05) is 6.92 Å². The first kappa shape index (κ1) is 14.3. The van der Waals surface area contributed by atoms with Gasteiger partial charge in [0.05, 0.1) is 6.04 Å². The van der Waals surface area contributed by atoms with Crippen molar-refractivity contribution in [2.75, 3.05) is 45.2 Å². The molecular weight excluding hydrogens is 241 g/mol. The second kappa shape index (κ2) is 6.35. The van der Waals surface area contributed by atoms with Crippen LogP contribution in [0.25, 0.3) is 0 Å². The minimum Gasteiger partial charge on any atom is -0.366 e. The minimum absolute atomic E-state index is 0.172.